The first-order valence-electron chi connectivity index (χ1n) is 8.42. The molecule has 0 aliphatic carbocycles. The molecule has 0 radical (unpaired) electrons. The van der Waals surface area contributed by atoms with Gasteiger partial charge in [0.1, 0.15) is 0 Å². The van der Waals surface area contributed by atoms with Crippen LogP contribution in [0.3, 0.4) is 0 Å². The summed E-state index contributed by atoms with van der Waals surface area (Å²) in [6.07, 6.45) is 2.77. The average Bonchev–Trinajstić information content (AvgIpc) is 3.06. The third-order valence-electron chi connectivity index (χ3n) is 5.02. The topological polar surface area (TPSA) is 83.3 Å². The highest BCUT2D eigenvalue weighted by Gasteiger charge is 2.24. The Balaban J connectivity index is 2.51. The standard InChI is InChI=1S/C17H23N5O3/c1-7-9(2)21-10(3)8-20-13-14(18-16(20)21)19(6)17(25)22(15(13)24)11(4)12(5)23/h8-9,11H,7H2,1-6H3/t9-,11+/m0/s1. The predicted molar refractivity (Wildman–Crippen MR) is 95.3 cm³/mol. The summed E-state index contributed by atoms with van der Waals surface area (Å²) in [6.45, 7) is 9.06. The van der Waals surface area contributed by atoms with Gasteiger partial charge in [0, 0.05) is 25.0 Å². The molecule has 0 saturated carbocycles. The highest BCUT2D eigenvalue weighted by molar-refractivity contribution is 5.80. The van der Waals surface area contributed by atoms with E-state index in [2.05, 4.69) is 23.4 Å². The molecule has 0 unspecified atom stereocenters. The van der Waals surface area contributed by atoms with Crippen molar-refractivity contribution in [1.29, 1.82) is 0 Å². The Hall–Kier alpha value is -2.64. The number of hydrogen-bond donors (Lipinski definition) is 0. The number of fused-ring (bicyclic) bond motifs is 3. The fraction of sp³-hybridized carbons (Fsp3) is 0.529. The van der Waals surface area contributed by atoms with Gasteiger partial charge in [-0.2, -0.15) is 4.98 Å². The van der Waals surface area contributed by atoms with E-state index in [0.29, 0.717) is 16.9 Å². The molecule has 8 nitrogen and oxygen atoms in total. The lowest BCUT2D eigenvalue weighted by Crippen LogP contribution is -2.42. The van der Waals surface area contributed by atoms with E-state index in [1.54, 1.807) is 18.4 Å². The minimum atomic E-state index is -0.820. The normalized spacial score (nSPS) is 14.3. The highest BCUT2D eigenvalue weighted by atomic mass is 16.2. The van der Waals surface area contributed by atoms with E-state index in [9.17, 15) is 14.4 Å². The molecule has 3 aromatic rings. The van der Waals surface area contributed by atoms with Crippen LogP contribution in [0.5, 0.6) is 0 Å². The van der Waals surface area contributed by atoms with E-state index in [4.69, 9.17) is 0 Å². The zero-order chi connectivity index (χ0) is 18.6. The summed E-state index contributed by atoms with van der Waals surface area (Å²) in [5.74, 6) is 0.384. The van der Waals surface area contributed by atoms with E-state index in [0.717, 1.165) is 16.7 Å². The summed E-state index contributed by atoms with van der Waals surface area (Å²) in [4.78, 5) is 41.9. The first-order valence-corrected chi connectivity index (χ1v) is 8.42. The molecule has 0 N–H and O–H groups in total. The van der Waals surface area contributed by atoms with Gasteiger partial charge in [0.2, 0.25) is 5.78 Å². The molecule has 3 aromatic heterocycles. The fourth-order valence-electron chi connectivity index (χ4n) is 3.24. The Morgan fingerprint density at radius 2 is 1.88 bits per heavy atom. The van der Waals surface area contributed by atoms with Gasteiger partial charge in [0.25, 0.3) is 5.56 Å². The Morgan fingerprint density at radius 3 is 2.44 bits per heavy atom. The lowest BCUT2D eigenvalue weighted by molar-refractivity contribution is -0.119. The van der Waals surface area contributed by atoms with Crippen LogP contribution >= 0.6 is 0 Å². The third kappa shape index (κ3) is 2.27. The molecular formula is C17H23N5O3. The minimum Gasteiger partial charge on any atom is -0.311 e. The minimum absolute atomic E-state index is 0.213. The summed E-state index contributed by atoms with van der Waals surface area (Å²) in [6, 6.07) is -0.608. The van der Waals surface area contributed by atoms with Crippen LogP contribution in [-0.2, 0) is 11.8 Å². The molecule has 0 bridgehead atoms. The molecule has 134 valence electrons. The van der Waals surface area contributed by atoms with Crippen molar-refractivity contribution in [3.05, 3.63) is 32.7 Å². The van der Waals surface area contributed by atoms with Crippen molar-refractivity contribution in [2.75, 3.05) is 0 Å². The van der Waals surface area contributed by atoms with Crippen LogP contribution in [-0.4, -0.2) is 28.9 Å². The van der Waals surface area contributed by atoms with Crippen molar-refractivity contribution in [3.8, 4) is 0 Å². The lowest BCUT2D eigenvalue weighted by atomic mass is 10.2. The van der Waals surface area contributed by atoms with Crippen molar-refractivity contribution >= 4 is 22.7 Å². The van der Waals surface area contributed by atoms with Gasteiger partial charge in [-0.15, -0.1) is 0 Å². The van der Waals surface area contributed by atoms with Gasteiger partial charge in [-0.3, -0.25) is 18.6 Å². The maximum atomic E-state index is 13.0. The molecule has 0 fully saturated rings. The zero-order valence-corrected chi connectivity index (χ0v) is 15.4. The van der Waals surface area contributed by atoms with E-state index < -0.39 is 17.3 Å². The quantitative estimate of drug-likeness (QED) is 0.719. The fourth-order valence-corrected chi connectivity index (χ4v) is 3.24. The van der Waals surface area contributed by atoms with Gasteiger partial charge in [0.05, 0.1) is 6.04 Å². The van der Waals surface area contributed by atoms with Gasteiger partial charge >= 0.3 is 5.69 Å². The number of imidazole rings is 2. The lowest BCUT2D eigenvalue weighted by Gasteiger charge is -2.13. The first-order chi connectivity index (χ1) is 11.7. The summed E-state index contributed by atoms with van der Waals surface area (Å²) in [5.41, 5.74) is 0.602. The number of ketones is 1. The van der Waals surface area contributed by atoms with Crippen LogP contribution in [0.1, 0.15) is 51.9 Å². The average molecular weight is 345 g/mol. The molecule has 8 heteroatoms. The first kappa shape index (κ1) is 17.2. The van der Waals surface area contributed by atoms with Crippen LogP contribution in [0.15, 0.2) is 15.8 Å². The molecule has 3 heterocycles. The second kappa shape index (κ2) is 5.72. The molecule has 2 atom stereocenters. The summed E-state index contributed by atoms with van der Waals surface area (Å²) in [7, 11) is 1.57. The Kier molecular flexibility index (Phi) is 3.93. The van der Waals surface area contributed by atoms with Crippen LogP contribution in [0.4, 0.5) is 0 Å². The number of aromatic nitrogens is 5. The van der Waals surface area contributed by atoms with Gasteiger partial charge in [-0.1, -0.05) is 6.92 Å². The molecule has 0 saturated heterocycles. The van der Waals surface area contributed by atoms with E-state index >= 15 is 0 Å². The molecule has 0 aliphatic rings. The van der Waals surface area contributed by atoms with E-state index in [1.807, 2.05) is 13.1 Å². The predicted octanol–water partition coefficient (Wildman–Crippen LogP) is 1.58. The Bertz CT molecular complexity index is 1110. The number of rotatable bonds is 4. The van der Waals surface area contributed by atoms with Gasteiger partial charge < -0.3 is 4.57 Å². The Morgan fingerprint density at radius 1 is 1.24 bits per heavy atom. The maximum absolute atomic E-state index is 13.0. The summed E-state index contributed by atoms with van der Waals surface area (Å²) in [5, 5.41) is 0. The van der Waals surface area contributed by atoms with Crippen LogP contribution in [0.2, 0.25) is 0 Å². The maximum Gasteiger partial charge on any atom is 0.333 e. The van der Waals surface area contributed by atoms with Crippen LogP contribution in [0, 0.1) is 6.92 Å². The van der Waals surface area contributed by atoms with Gasteiger partial charge in [-0.05, 0) is 34.1 Å². The van der Waals surface area contributed by atoms with E-state index in [1.165, 1.54) is 11.5 Å². The second-order valence-corrected chi connectivity index (χ2v) is 6.66. The molecule has 0 amide bonds. The number of hydrogen-bond acceptors (Lipinski definition) is 4. The third-order valence-corrected chi connectivity index (χ3v) is 5.02. The van der Waals surface area contributed by atoms with Crippen LogP contribution < -0.4 is 11.2 Å². The van der Waals surface area contributed by atoms with Crippen molar-refractivity contribution in [2.24, 2.45) is 7.05 Å². The number of carbonyl (C=O) groups excluding carboxylic acids is 1. The largest absolute Gasteiger partial charge is 0.333 e. The molecule has 0 spiro atoms. The number of Topliss-reactive ketones (excluding diaryl/α,β-unsaturated/α-hetero) is 1. The molecule has 3 rings (SSSR count). The van der Waals surface area contributed by atoms with Crippen molar-refractivity contribution in [1.82, 2.24) is 23.1 Å². The molecule has 0 aliphatic heterocycles. The SMILES string of the molecule is CC[C@H](C)n1c(C)cn2c3c(=O)n([C@H](C)C(C)=O)c(=O)n(C)c3nc12. The zero-order valence-electron chi connectivity index (χ0n) is 15.4. The van der Waals surface area contributed by atoms with Crippen molar-refractivity contribution in [3.63, 3.8) is 0 Å². The molecule has 25 heavy (non-hydrogen) atoms. The second-order valence-electron chi connectivity index (χ2n) is 6.66. The molecule has 0 aromatic carbocycles. The Labute approximate surface area is 144 Å². The number of nitrogens with zero attached hydrogens (tertiary/aromatic N) is 5. The highest BCUT2D eigenvalue weighted by Crippen LogP contribution is 2.22. The summed E-state index contributed by atoms with van der Waals surface area (Å²) >= 11 is 0. The number of carbonyl (C=O) groups is 1. The monoisotopic (exact) mass is 345 g/mol. The smallest absolute Gasteiger partial charge is 0.311 e. The van der Waals surface area contributed by atoms with Crippen molar-refractivity contribution in [2.45, 2.75) is 53.1 Å². The van der Waals surface area contributed by atoms with Gasteiger partial charge in [-0.25, -0.2) is 9.36 Å². The number of aryl methyl sites for hydroxylation is 2. The van der Waals surface area contributed by atoms with Crippen LogP contribution in [0.25, 0.3) is 16.9 Å². The van der Waals surface area contributed by atoms with Gasteiger partial charge in [0.15, 0.2) is 16.9 Å². The molecular weight excluding hydrogens is 322 g/mol. The summed E-state index contributed by atoms with van der Waals surface area (Å²) < 4.78 is 6.12. The van der Waals surface area contributed by atoms with E-state index in [-0.39, 0.29) is 11.8 Å². The van der Waals surface area contributed by atoms with Crippen molar-refractivity contribution < 1.29 is 4.79 Å².